The third-order valence-electron chi connectivity index (χ3n) is 0.588. The van der Waals surface area contributed by atoms with Crippen LogP contribution in [0.25, 0.3) is 0 Å². The molecule has 0 aromatic carbocycles. The van der Waals surface area contributed by atoms with Gasteiger partial charge in [0.1, 0.15) is 0 Å². The first-order valence-corrected chi connectivity index (χ1v) is 3.18. The van der Waals surface area contributed by atoms with Gasteiger partial charge in [-0.05, 0) is 35.6 Å². The summed E-state index contributed by atoms with van der Waals surface area (Å²) in [6.07, 6.45) is 2.77. The molecule has 0 fully saturated rings. The number of hydrogen-bond donors (Lipinski definition) is 2. The minimum absolute atomic E-state index is 0.508. The van der Waals surface area contributed by atoms with Crippen molar-refractivity contribution >= 4 is 34.5 Å². The monoisotopic (exact) mass is 222 g/mol. The molecule has 0 spiro atoms. The van der Waals surface area contributed by atoms with Gasteiger partial charge in [0.2, 0.25) is 0 Å². The largest absolute Gasteiger partial charge is 0.309 e. The number of hydrogen-bond acceptors (Lipinski definition) is 2. The molecule has 0 aromatic heterocycles. The number of rotatable bonds is 2. The molecular formula is C5H7IN2. The van der Waals surface area contributed by atoms with E-state index in [-0.39, 0.29) is 0 Å². The maximum Gasteiger partial charge on any atom is 0.0416 e. The lowest BCUT2D eigenvalue weighted by atomic mass is 10.4. The summed E-state index contributed by atoms with van der Waals surface area (Å²) in [5, 5.41) is 13.6. The van der Waals surface area contributed by atoms with Crippen LogP contribution in [0.5, 0.6) is 0 Å². The van der Waals surface area contributed by atoms with Crippen molar-refractivity contribution in [3.05, 3.63) is 9.66 Å². The van der Waals surface area contributed by atoms with Crippen LogP contribution < -0.4 is 0 Å². The van der Waals surface area contributed by atoms with E-state index in [2.05, 4.69) is 0 Å². The molecule has 2 nitrogen and oxygen atoms in total. The molecule has 0 radical (unpaired) electrons. The standard InChI is InChI=1S/C5H7IN2/c1-4(8)5(6)2-3-7/h2-3,7-8H,1H3/b5-2+,7-3?,8-4?. The first-order valence-electron chi connectivity index (χ1n) is 2.10. The molecule has 8 heavy (non-hydrogen) atoms. The average Bonchev–Trinajstić information content (AvgIpc) is 1.67. The highest BCUT2D eigenvalue weighted by Gasteiger charge is 1.88. The second kappa shape index (κ2) is 3.77. The Balaban J connectivity index is 3.99. The second-order valence-electron chi connectivity index (χ2n) is 1.31. The van der Waals surface area contributed by atoms with Crippen LogP contribution in [0.2, 0.25) is 0 Å². The predicted octanol–water partition coefficient (Wildman–Crippen LogP) is 1.99. The lowest BCUT2D eigenvalue weighted by Crippen LogP contribution is -1.85. The fourth-order valence-corrected chi connectivity index (χ4v) is 0.378. The molecule has 0 heterocycles. The van der Waals surface area contributed by atoms with E-state index in [4.69, 9.17) is 10.8 Å². The summed E-state index contributed by atoms with van der Waals surface area (Å²) in [7, 11) is 0. The van der Waals surface area contributed by atoms with E-state index in [9.17, 15) is 0 Å². The van der Waals surface area contributed by atoms with E-state index in [0.717, 1.165) is 3.58 Å². The van der Waals surface area contributed by atoms with Gasteiger partial charge in [0.25, 0.3) is 0 Å². The van der Waals surface area contributed by atoms with Crippen LogP contribution in [0, 0.1) is 10.8 Å². The number of halogens is 1. The van der Waals surface area contributed by atoms with Crippen molar-refractivity contribution in [1.29, 1.82) is 10.8 Å². The quantitative estimate of drug-likeness (QED) is 0.530. The smallest absolute Gasteiger partial charge is 0.0416 e. The Kier molecular flexibility index (Phi) is 3.68. The van der Waals surface area contributed by atoms with Gasteiger partial charge in [-0.3, -0.25) is 0 Å². The zero-order valence-electron chi connectivity index (χ0n) is 4.53. The lowest BCUT2D eigenvalue weighted by molar-refractivity contribution is 1.49. The SMILES string of the molecule is CC(=N)/C(I)=C\C=N. The Morgan fingerprint density at radius 2 is 2.12 bits per heavy atom. The fraction of sp³-hybridized carbons (Fsp3) is 0.200. The zero-order valence-corrected chi connectivity index (χ0v) is 6.69. The van der Waals surface area contributed by atoms with Crippen molar-refractivity contribution in [2.45, 2.75) is 6.92 Å². The summed E-state index contributed by atoms with van der Waals surface area (Å²) in [4.78, 5) is 0. The first kappa shape index (κ1) is 7.81. The van der Waals surface area contributed by atoms with Crippen molar-refractivity contribution in [3.8, 4) is 0 Å². The van der Waals surface area contributed by atoms with Crippen molar-refractivity contribution in [2.75, 3.05) is 0 Å². The highest BCUT2D eigenvalue weighted by molar-refractivity contribution is 14.1. The first-order chi connectivity index (χ1) is 3.68. The van der Waals surface area contributed by atoms with Crippen LogP contribution in [-0.2, 0) is 0 Å². The number of allylic oxidation sites excluding steroid dienone is 2. The normalized spacial score (nSPS) is 11.0. The van der Waals surface area contributed by atoms with Crippen molar-refractivity contribution in [2.24, 2.45) is 0 Å². The van der Waals surface area contributed by atoms with Gasteiger partial charge in [-0.2, -0.15) is 0 Å². The van der Waals surface area contributed by atoms with Crippen LogP contribution >= 0.6 is 22.6 Å². The van der Waals surface area contributed by atoms with Crippen LogP contribution in [0.3, 0.4) is 0 Å². The van der Waals surface area contributed by atoms with E-state index in [1.54, 1.807) is 13.0 Å². The molecule has 0 bridgehead atoms. The summed E-state index contributed by atoms with van der Waals surface area (Å²) in [6, 6.07) is 0. The van der Waals surface area contributed by atoms with E-state index in [0.29, 0.717) is 5.71 Å². The molecule has 0 amide bonds. The Morgan fingerprint density at radius 1 is 1.62 bits per heavy atom. The van der Waals surface area contributed by atoms with Crippen molar-refractivity contribution in [3.63, 3.8) is 0 Å². The highest BCUT2D eigenvalue weighted by Crippen LogP contribution is 2.04. The molecule has 0 rings (SSSR count). The van der Waals surface area contributed by atoms with Crippen LogP contribution in [0.4, 0.5) is 0 Å². The Labute approximate surface area is 62.1 Å². The topological polar surface area (TPSA) is 47.7 Å². The van der Waals surface area contributed by atoms with Gasteiger partial charge in [0.15, 0.2) is 0 Å². The van der Waals surface area contributed by atoms with E-state index < -0.39 is 0 Å². The third-order valence-corrected chi connectivity index (χ3v) is 1.76. The van der Waals surface area contributed by atoms with E-state index in [1.807, 2.05) is 22.6 Å². The zero-order chi connectivity index (χ0) is 6.57. The van der Waals surface area contributed by atoms with Gasteiger partial charge in [-0.15, -0.1) is 0 Å². The molecule has 0 saturated heterocycles. The van der Waals surface area contributed by atoms with Gasteiger partial charge in [0.05, 0.1) is 0 Å². The Bertz CT molecular complexity index is 137. The highest BCUT2D eigenvalue weighted by atomic mass is 127. The molecule has 0 saturated carbocycles. The minimum atomic E-state index is 0.508. The molecule has 0 aliphatic rings. The second-order valence-corrected chi connectivity index (χ2v) is 2.47. The van der Waals surface area contributed by atoms with E-state index in [1.165, 1.54) is 6.21 Å². The molecule has 3 heteroatoms. The number of nitrogens with one attached hydrogen (secondary N) is 2. The molecule has 0 atom stereocenters. The average molecular weight is 222 g/mol. The molecule has 0 aromatic rings. The molecule has 2 N–H and O–H groups in total. The lowest BCUT2D eigenvalue weighted by Gasteiger charge is -1.87. The third kappa shape index (κ3) is 2.90. The van der Waals surface area contributed by atoms with Crippen LogP contribution in [0.1, 0.15) is 6.92 Å². The van der Waals surface area contributed by atoms with Gasteiger partial charge < -0.3 is 10.8 Å². The maximum atomic E-state index is 7.02. The van der Waals surface area contributed by atoms with Gasteiger partial charge in [-0.1, -0.05) is 0 Å². The summed E-state index contributed by atoms with van der Waals surface area (Å²) in [6.45, 7) is 1.70. The summed E-state index contributed by atoms with van der Waals surface area (Å²) in [5.74, 6) is 0. The van der Waals surface area contributed by atoms with Gasteiger partial charge in [0, 0.05) is 15.5 Å². The molecular weight excluding hydrogens is 215 g/mol. The Hall–Kier alpha value is -0.190. The maximum absolute atomic E-state index is 7.02. The molecule has 44 valence electrons. The summed E-state index contributed by atoms with van der Waals surface area (Å²) >= 11 is 2.02. The minimum Gasteiger partial charge on any atom is -0.309 e. The predicted molar refractivity (Wildman–Crippen MR) is 44.3 cm³/mol. The van der Waals surface area contributed by atoms with Crippen LogP contribution in [0.15, 0.2) is 9.66 Å². The summed E-state index contributed by atoms with van der Waals surface area (Å²) < 4.78 is 0.817. The molecule has 0 aliphatic carbocycles. The van der Waals surface area contributed by atoms with Crippen LogP contribution in [-0.4, -0.2) is 11.9 Å². The van der Waals surface area contributed by atoms with Gasteiger partial charge in [-0.25, -0.2) is 0 Å². The van der Waals surface area contributed by atoms with E-state index >= 15 is 0 Å². The summed E-state index contributed by atoms with van der Waals surface area (Å²) in [5.41, 5.74) is 0.508. The van der Waals surface area contributed by atoms with Crippen molar-refractivity contribution in [1.82, 2.24) is 0 Å². The van der Waals surface area contributed by atoms with Gasteiger partial charge >= 0.3 is 0 Å². The molecule has 0 unspecified atom stereocenters. The Morgan fingerprint density at radius 3 is 2.25 bits per heavy atom. The van der Waals surface area contributed by atoms with Crippen molar-refractivity contribution < 1.29 is 0 Å². The molecule has 0 aliphatic heterocycles. The fourth-order valence-electron chi connectivity index (χ4n) is 0.198.